The van der Waals surface area contributed by atoms with Crippen LogP contribution in [0.1, 0.15) is 54.3 Å². The van der Waals surface area contributed by atoms with Crippen LogP contribution in [0.15, 0.2) is 180 Å². The van der Waals surface area contributed by atoms with Gasteiger partial charge in [0.05, 0.1) is 11.6 Å². The van der Waals surface area contributed by atoms with Gasteiger partial charge in [0.25, 0.3) is 0 Å². The quantitative estimate of drug-likeness (QED) is 0.112. The standard InChI is InChI=1S/C37H29N3O.C13H13N.C2H6/c38-39-37(25-12-5-2-6-13-25)29-15-9-17-35-36(29)31-23-27(19-21-34(31)41-35)40-32-16-8-7-14-28(32)30-22-26(18-20-33(30)40)24-10-3-1-4-11-24;14-10-11-6-8-13(9-7-11)12-4-2-1-3-5-12;1-2/h1-6,8-13,15-23,37,39H,7,14,38H2;1-9H,10,14H2;1-2H3. The summed E-state index contributed by atoms with van der Waals surface area (Å²) >= 11 is 0. The molecule has 0 amide bonds. The Morgan fingerprint density at radius 3 is 1.96 bits per heavy atom. The zero-order chi connectivity index (χ0) is 39.1. The van der Waals surface area contributed by atoms with Gasteiger partial charge in [-0.1, -0.05) is 153 Å². The average molecular weight is 745 g/mol. The molecule has 5 heteroatoms. The van der Waals surface area contributed by atoms with Gasteiger partial charge in [-0.15, -0.1) is 0 Å². The Morgan fingerprint density at radius 1 is 0.632 bits per heavy atom. The van der Waals surface area contributed by atoms with Crippen molar-refractivity contribution in [2.45, 2.75) is 39.3 Å². The van der Waals surface area contributed by atoms with E-state index in [1.165, 1.54) is 50.0 Å². The summed E-state index contributed by atoms with van der Waals surface area (Å²) in [4.78, 5) is 0. The molecule has 1 aliphatic rings. The van der Waals surface area contributed by atoms with Gasteiger partial charge >= 0.3 is 0 Å². The number of rotatable bonds is 7. The van der Waals surface area contributed by atoms with E-state index in [0.717, 1.165) is 51.6 Å². The molecule has 0 fully saturated rings. The Balaban J connectivity index is 0.000000239. The molecular formula is C52H48N4O. The second kappa shape index (κ2) is 17.1. The van der Waals surface area contributed by atoms with Gasteiger partial charge in [0, 0.05) is 34.1 Å². The van der Waals surface area contributed by atoms with Gasteiger partial charge in [-0.3, -0.25) is 5.84 Å². The van der Waals surface area contributed by atoms with E-state index in [9.17, 15) is 0 Å². The number of aryl methyl sites for hydroxylation is 1. The van der Waals surface area contributed by atoms with Crippen LogP contribution < -0.4 is 17.0 Å². The van der Waals surface area contributed by atoms with Crippen LogP contribution in [0.4, 0.5) is 0 Å². The number of allylic oxidation sites excluding steroid dienone is 1. The zero-order valence-electron chi connectivity index (χ0n) is 32.5. The van der Waals surface area contributed by atoms with Crippen molar-refractivity contribution >= 4 is 38.9 Å². The minimum absolute atomic E-state index is 0.163. The number of nitrogens with two attached hydrogens (primary N) is 2. The van der Waals surface area contributed by atoms with Crippen LogP contribution in [0, 0.1) is 0 Å². The van der Waals surface area contributed by atoms with Crippen LogP contribution in [-0.2, 0) is 13.0 Å². The molecule has 10 rings (SSSR count). The topological polar surface area (TPSA) is 82.1 Å². The zero-order valence-corrected chi connectivity index (χ0v) is 32.5. The van der Waals surface area contributed by atoms with E-state index >= 15 is 0 Å². The number of nitrogens with one attached hydrogen (secondary N) is 1. The largest absolute Gasteiger partial charge is 0.456 e. The van der Waals surface area contributed by atoms with E-state index in [-0.39, 0.29) is 6.04 Å². The van der Waals surface area contributed by atoms with Crippen molar-refractivity contribution in [3.8, 4) is 27.9 Å². The first-order valence-corrected chi connectivity index (χ1v) is 19.9. The van der Waals surface area contributed by atoms with Crippen molar-refractivity contribution in [2.24, 2.45) is 11.6 Å². The summed E-state index contributed by atoms with van der Waals surface area (Å²) in [7, 11) is 0. The predicted octanol–water partition coefficient (Wildman–Crippen LogP) is 12.5. The Hall–Kier alpha value is -6.50. The van der Waals surface area contributed by atoms with Gasteiger partial charge in [0.1, 0.15) is 11.2 Å². The van der Waals surface area contributed by atoms with E-state index < -0.39 is 0 Å². The Bertz CT molecular complexity index is 2760. The number of hydrogen-bond donors (Lipinski definition) is 3. The molecule has 7 aromatic carbocycles. The average Bonchev–Trinajstić information content (AvgIpc) is 3.84. The monoisotopic (exact) mass is 744 g/mol. The fraction of sp³-hybridized carbons (Fsp3) is 0.115. The van der Waals surface area contributed by atoms with E-state index in [4.69, 9.17) is 16.0 Å². The molecule has 1 atom stereocenters. The van der Waals surface area contributed by atoms with Gasteiger partial charge in [-0.05, 0) is 99.8 Å². The van der Waals surface area contributed by atoms with Crippen LogP contribution in [0.25, 0.3) is 66.9 Å². The van der Waals surface area contributed by atoms with E-state index in [2.05, 4.69) is 143 Å². The molecule has 2 aromatic heterocycles. The van der Waals surface area contributed by atoms with Crippen molar-refractivity contribution in [1.82, 2.24) is 9.99 Å². The fourth-order valence-corrected chi connectivity index (χ4v) is 8.02. The third-order valence-electron chi connectivity index (χ3n) is 10.7. The third-order valence-corrected chi connectivity index (χ3v) is 10.7. The van der Waals surface area contributed by atoms with E-state index in [1.807, 2.05) is 62.4 Å². The van der Waals surface area contributed by atoms with Crippen molar-refractivity contribution in [2.75, 3.05) is 0 Å². The maximum Gasteiger partial charge on any atom is 0.135 e. The first kappa shape index (κ1) is 37.4. The molecule has 1 aliphatic carbocycles. The highest BCUT2D eigenvalue weighted by Gasteiger charge is 2.22. The Kier molecular flexibility index (Phi) is 11.2. The van der Waals surface area contributed by atoms with Crippen molar-refractivity contribution in [3.05, 3.63) is 204 Å². The van der Waals surface area contributed by atoms with E-state index in [1.54, 1.807) is 0 Å². The maximum absolute atomic E-state index is 6.37. The fourth-order valence-electron chi connectivity index (χ4n) is 8.02. The van der Waals surface area contributed by atoms with E-state index in [0.29, 0.717) is 6.54 Å². The molecule has 0 saturated heterocycles. The molecule has 0 radical (unpaired) electrons. The van der Waals surface area contributed by atoms with Crippen molar-refractivity contribution in [3.63, 3.8) is 0 Å². The minimum Gasteiger partial charge on any atom is -0.456 e. The molecule has 0 aliphatic heterocycles. The van der Waals surface area contributed by atoms with Crippen LogP contribution >= 0.6 is 0 Å². The van der Waals surface area contributed by atoms with Crippen molar-refractivity contribution in [1.29, 1.82) is 0 Å². The Morgan fingerprint density at radius 2 is 1.28 bits per heavy atom. The number of aromatic nitrogens is 1. The van der Waals surface area contributed by atoms with Crippen LogP contribution in [0.3, 0.4) is 0 Å². The van der Waals surface area contributed by atoms with Gasteiger partial charge in [-0.25, -0.2) is 5.43 Å². The second-order valence-corrected chi connectivity index (χ2v) is 14.0. The first-order chi connectivity index (χ1) is 28.2. The third kappa shape index (κ3) is 7.44. The number of nitrogens with zero attached hydrogens (tertiary/aromatic N) is 1. The molecule has 0 saturated carbocycles. The van der Waals surface area contributed by atoms with Crippen LogP contribution in [-0.4, -0.2) is 4.57 Å². The lowest BCUT2D eigenvalue weighted by Gasteiger charge is -2.18. The summed E-state index contributed by atoms with van der Waals surface area (Å²) in [5, 5.41) is 3.49. The summed E-state index contributed by atoms with van der Waals surface area (Å²) in [6.45, 7) is 4.61. The molecule has 2 heterocycles. The molecule has 1 unspecified atom stereocenters. The van der Waals surface area contributed by atoms with Gasteiger partial charge in [-0.2, -0.15) is 0 Å². The number of hydrazine groups is 1. The number of furan rings is 1. The molecule has 57 heavy (non-hydrogen) atoms. The Labute approximate surface area is 334 Å². The minimum atomic E-state index is -0.163. The summed E-state index contributed by atoms with van der Waals surface area (Å²) in [5.74, 6) is 6.15. The normalized spacial score (nSPS) is 12.4. The summed E-state index contributed by atoms with van der Waals surface area (Å²) in [6.07, 6.45) is 6.67. The highest BCUT2D eigenvalue weighted by atomic mass is 16.3. The number of fused-ring (bicyclic) bond motifs is 6. The van der Waals surface area contributed by atoms with Gasteiger partial charge < -0.3 is 14.7 Å². The predicted molar refractivity (Wildman–Crippen MR) is 240 cm³/mol. The second-order valence-electron chi connectivity index (χ2n) is 14.0. The van der Waals surface area contributed by atoms with Crippen LogP contribution in [0.5, 0.6) is 0 Å². The SMILES string of the molecule is CC.NCc1ccc(-c2ccccc2)cc1.NNC(c1ccccc1)c1cccc2oc3ccc(-n4c5c(c6cc(-c7ccccc7)ccc64)CCC=C5)cc3c12. The molecule has 5 N–H and O–H groups in total. The summed E-state index contributed by atoms with van der Waals surface area (Å²) in [5.41, 5.74) is 23.7. The number of benzene rings is 7. The van der Waals surface area contributed by atoms with Crippen LogP contribution in [0.2, 0.25) is 0 Å². The lowest BCUT2D eigenvalue weighted by atomic mass is 9.95. The molecule has 282 valence electrons. The number of hydrogen-bond acceptors (Lipinski definition) is 4. The lowest BCUT2D eigenvalue weighted by Crippen LogP contribution is -2.28. The molecule has 5 nitrogen and oxygen atoms in total. The molecule has 0 spiro atoms. The van der Waals surface area contributed by atoms with Gasteiger partial charge in [0.15, 0.2) is 0 Å². The summed E-state index contributed by atoms with van der Waals surface area (Å²) in [6, 6.07) is 59.1. The maximum atomic E-state index is 6.37. The highest BCUT2D eigenvalue weighted by molar-refractivity contribution is 6.08. The highest BCUT2D eigenvalue weighted by Crippen LogP contribution is 2.40. The first-order valence-electron chi connectivity index (χ1n) is 19.9. The smallest absolute Gasteiger partial charge is 0.135 e. The summed E-state index contributed by atoms with van der Waals surface area (Å²) < 4.78 is 8.78. The molecule has 9 aromatic rings. The molecule has 0 bridgehead atoms. The lowest BCUT2D eigenvalue weighted by molar-refractivity contribution is 0.638. The van der Waals surface area contributed by atoms with Crippen molar-refractivity contribution < 1.29 is 4.42 Å². The molecular weight excluding hydrogens is 697 g/mol. The van der Waals surface area contributed by atoms with Gasteiger partial charge in [0.2, 0.25) is 0 Å².